The van der Waals surface area contributed by atoms with Crippen LogP contribution in [0.4, 0.5) is 10.5 Å². The maximum Gasteiger partial charge on any atom is 0.408 e. The minimum Gasteiger partial charge on any atom is -0.444 e. The first kappa shape index (κ1) is 18.0. The number of H-pyrrole nitrogens is 1. The van der Waals surface area contributed by atoms with E-state index in [4.69, 9.17) is 4.74 Å². The summed E-state index contributed by atoms with van der Waals surface area (Å²) < 4.78 is 5.32. The number of nitrogens with one attached hydrogen (secondary N) is 2. The number of hydrogen-bond acceptors (Lipinski definition) is 6. The number of aromatic nitrogens is 2. The van der Waals surface area contributed by atoms with Crippen LogP contribution in [0, 0.1) is 11.3 Å². The molecule has 1 atom stereocenters. The Bertz CT molecular complexity index is 864. The number of aliphatic hydroxyl groups is 1. The van der Waals surface area contributed by atoms with Crippen LogP contribution in [0.25, 0.3) is 11.0 Å². The van der Waals surface area contributed by atoms with Gasteiger partial charge in [-0.3, -0.25) is 0 Å². The summed E-state index contributed by atoms with van der Waals surface area (Å²) in [7, 11) is 0. The highest BCUT2D eigenvalue weighted by Crippen LogP contribution is 2.33. The van der Waals surface area contributed by atoms with Gasteiger partial charge in [-0.2, -0.15) is 5.26 Å². The van der Waals surface area contributed by atoms with Crippen molar-refractivity contribution >= 4 is 22.8 Å². The topological polar surface area (TPSA) is 114 Å². The van der Waals surface area contributed by atoms with E-state index in [0.717, 1.165) is 11.1 Å². The Labute approximate surface area is 151 Å². The lowest BCUT2D eigenvalue weighted by atomic mass is 10.0. The lowest BCUT2D eigenvalue weighted by Gasteiger charge is -2.30. The van der Waals surface area contributed by atoms with Crippen LogP contribution in [0.5, 0.6) is 0 Å². The zero-order valence-corrected chi connectivity index (χ0v) is 15.2. The highest BCUT2D eigenvalue weighted by atomic mass is 16.6. The van der Waals surface area contributed by atoms with Crippen molar-refractivity contribution in [1.29, 1.82) is 5.26 Å². The SMILES string of the molecule is CC(C)(C)OC(=O)NC1(CO)CCN(c2ccnc3[nH]cc(C#N)c23)C1. The fourth-order valence-corrected chi connectivity index (χ4v) is 3.26. The van der Waals surface area contributed by atoms with E-state index in [1.807, 2.05) is 11.0 Å². The number of aromatic amines is 1. The zero-order chi connectivity index (χ0) is 18.9. The molecule has 0 radical (unpaired) electrons. The third kappa shape index (κ3) is 3.44. The van der Waals surface area contributed by atoms with Gasteiger partial charge in [0.15, 0.2) is 0 Å². The summed E-state index contributed by atoms with van der Waals surface area (Å²) in [6.45, 7) is 6.23. The first-order valence-electron chi connectivity index (χ1n) is 8.50. The monoisotopic (exact) mass is 357 g/mol. The van der Waals surface area contributed by atoms with Crippen molar-refractivity contribution in [3.8, 4) is 6.07 Å². The van der Waals surface area contributed by atoms with Gasteiger partial charge in [0.1, 0.15) is 17.3 Å². The minimum absolute atomic E-state index is 0.199. The average Bonchev–Trinajstić information content (AvgIpc) is 3.17. The van der Waals surface area contributed by atoms with Crippen LogP contribution in [0.2, 0.25) is 0 Å². The molecule has 3 rings (SSSR count). The first-order chi connectivity index (χ1) is 12.3. The van der Waals surface area contributed by atoms with Gasteiger partial charge in [-0.1, -0.05) is 0 Å². The molecule has 1 fully saturated rings. The Morgan fingerprint density at radius 3 is 3.00 bits per heavy atom. The number of pyridine rings is 1. The Kier molecular flexibility index (Phi) is 4.50. The van der Waals surface area contributed by atoms with Gasteiger partial charge in [0.2, 0.25) is 0 Å². The van der Waals surface area contributed by atoms with E-state index in [2.05, 4.69) is 21.4 Å². The molecule has 1 aliphatic heterocycles. The Hall–Kier alpha value is -2.79. The fourth-order valence-electron chi connectivity index (χ4n) is 3.26. The number of nitriles is 1. The highest BCUT2D eigenvalue weighted by Gasteiger charge is 2.40. The van der Waals surface area contributed by atoms with Crippen LogP contribution in [0.15, 0.2) is 18.5 Å². The van der Waals surface area contributed by atoms with Crippen molar-refractivity contribution in [3.05, 3.63) is 24.0 Å². The summed E-state index contributed by atoms with van der Waals surface area (Å²) in [6.07, 6.45) is 3.33. The number of anilines is 1. The number of fused-ring (bicyclic) bond motifs is 1. The highest BCUT2D eigenvalue weighted by molar-refractivity contribution is 5.95. The van der Waals surface area contributed by atoms with Gasteiger partial charge in [-0.25, -0.2) is 9.78 Å². The third-order valence-corrected chi connectivity index (χ3v) is 4.44. The van der Waals surface area contributed by atoms with E-state index in [1.54, 1.807) is 33.2 Å². The molecule has 0 saturated carbocycles. The first-order valence-corrected chi connectivity index (χ1v) is 8.50. The van der Waals surface area contributed by atoms with Crippen molar-refractivity contribution in [3.63, 3.8) is 0 Å². The largest absolute Gasteiger partial charge is 0.444 e. The molecule has 138 valence electrons. The van der Waals surface area contributed by atoms with Gasteiger partial charge in [0, 0.05) is 25.5 Å². The maximum absolute atomic E-state index is 12.2. The van der Waals surface area contributed by atoms with E-state index in [9.17, 15) is 15.2 Å². The van der Waals surface area contributed by atoms with Crippen LogP contribution in [-0.4, -0.2) is 52.0 Å². The molecular weight excluding hydrogens is 334 g/mol. The van der Waals surface area contributed by atoms with Gasteiger partial charge < -0.3 is 25.0 Å². The maximum atomic E-state index is 12.2. The minimum atomic E-state index is -0.791. The van der Waals surface area contributed by atoms with Crippen LogP contribution >= 0.6 is 0 Å². The molecule has 0 aromatic carbocycles. The molecule has 1 amide bonds. The second kappa shape index (κ2) is 6.50. The van der Waals surface area contributed by atoms with Gasteiger partial charge in [0.05, 0.1) is 28.8 Å². The molecular formula is C18H23N5O3. The van der Waals surface area contributed by atoms with Gasteiger partial charge in [-0.15, -0.1) is 0 Å². The molecule has 0 spiro atoms. The smallest absolute Gasteiger partial charge is 0.408 e. The normalized spacial score (nSPS) is 20.2. The van der Waals surface area contributed by atoms with E-state index in [-0.39, 0.29) is 6.61 Å². The Morgan fingerprint density at radius 1 is 1.58 bits per heavy atom. The van der Waals surface area contributed by atoms with Gasteiger partial charge in [0.25, 0.3) is 0 Å². The number of rotatable bonds is 3. The molecule has 2 aromatic rings. The molecule has 2 aromatic heterocycles. The number of ether oxygens (including phenoxy) is 1. The molecule has 3 N–H and O–H groups in total. The second-order valence-electron chi connectivity index (χ2n) is 7.60. The number of alkyl carbamates (subject to hydrolysis) is 1. The van der Waals surface area contributed by atoms with E-state index >= 15 is 0 Å². The second-order valence-corrected chi connectivity index (χ2v) is 7.60. The predicted octanol–water partition coefficient (Wildman–Crippen LogP) is 1.90. The van der Waals surface area contributed by atoms with Crippen LogP contribution < -0.4 is 10.2 Å². The zero-order valence-electron chi connectivity index (χ0n) is 15.2. The molecule has 1 unspecified atom stereocenters. The molecule has 8 heteroatoms. The number of carbonyl (C=O) groups excluding carboxylic acids is 1. The van der Waals surface area contributed by atoms with Crippen molar-refractivity contribution < 1.29 is 14.6 Å². The summed E-state index contributed by atoms with van der Waals surface area (Å²) in [6, 6.07) is 4.01. The number of carbonyl (C=O) groups is 1. The van der Waals surface area contributed by atoms with Crippen LogP contribution in [-0.2, 0) is 4.74 Å². The molecule has 1 saturated heterocycles. The number of aliphatic hydroxyl groups excluding tert-OH is 1. The average molecular weight is 357 g/mol. The van der Waals surface area contributed by atoms with E-state index in [1.165, 1.54) is 0 Å². The van der Waals surface area contributed by atoms with E-state index in [0.29, 0.717) is 30.7 Å². The lowest BCUT2D eigenvalue weighted by molar-refractivity contribution is 0.0417. The van der Waals surface area contributed by atoms with Crippen molar-refractivity contribution in [1.82, 2.24) is 15.3 Å². The Balaban J connectivity index is 1.84. The summed E-state index contributed by atoms with van der Waals surface area (Å²) in [5.74, 6) is 0. The van der Waals surface area contributed by atoms with Gasteiger partial charge >= 0.3 is 6.09 Å². The van der Waals surface area contributed by atoms with Crippen molar-refractivity contribution in [2.24, 2.45) is 0 Å². The molecule has 0 aliphatic carbocycles. The summed E-state index contributed by atoms with van der Waals surface area (Å²) in [5.41, 5.74) is 0.615. The standard InChI is InChI=1S/C18H23N5O3/c1-17(2,3)26-16(25)22-18(11-24)5-7-23(10-18)13-4-6-20-15-14(13)12(8-19)9-21-15/h4,6,9,24H,5,7,10-11H2,1-3H3,(H,20,21)(H,22,25). The van der Waals surface area contributed by atoms with E-state index < -0.39 is 17.2 Å². The summed E-state index contributed by atoms with van der Waals surface area (Å²) in [4.78, 5) is 21.5. The summed E-state index contributed by atoms with van der Waals surface area (Å²) >= 11 is 0. The quantitative estimate of drug-likeness (QED) is 0.773. The van der Waals surface area contributed by atoms with Crippen LogP contribution in [0.3, 0.4) is 0 Å². The predicted molar refractivity (Wildman–Crippen MR) is 96.8 cm³/mol. The molecule has 0 bridgehead atoms. The van der Waals surface area contributed by atoms with Crippen LogP contribution in [0.1, 0.15) is 32.8 Å². The van der Waals surface area contributed by atoms with Crippen molar-refractivity contribution in [2.45, 2.75) is 38.3 Å². The molecule has 26 heavy (non-hydrogen) atoms. The lowest BCUT2D eigenvalue weighted by Crippen LogP contribution is -2.54. The molecule has 3 heterocycles. The fraction of sp³-hybridized carbons (Fsp3) is 0.500. The van der Waals surface area contributed by atoms with Gasteiger partial charge in [-0.05, 0) is 33.3 Å². The number of amides is 1. The summed E-state index contributed by atoms with van der Waals surface area (Å²) in [5, 5.41) is 22.9. The number of hydrogen-bond donors (Lipinski definition) is 3. The third-order valence-electron chi connectivity index (χ3n) is 4.44. The molecule has 8 nitrogen and oxygen atoms in total. The molecule has 1 aliphatic rings. The van der Waals surface area contributed by atoms with Crippen molar-refractivity contribution in [2.75, 3.05) is 24.6 Å². The number of nitrogens with zero attached hydrogens (tertiary/aromatic N) is 3. The Morgan fingerprint density at radius 2 is 2.35 bits per heavy atom.